The molecular weight excluding hydrogens is 460 g/mol. The molecule has 0 heterocycles. The molecule has 0 saturated heterocycles. The van der Waals surface area contributed by atoms with Gasteiger partial charge in [0, 0.05) is 16.1 Å². The molecule has 3 aromatic carbocycles. The molecule has 0 aliphatic rings. The van der Waals surface area contributed by atoms with Crippen LogP contribution < -0.4 is 14.9 Å². The fourth-order valence-corrected chi connectivity index (χ4v) is 2.83. The first kappa shape index (κ1) is 22.0. The van der Waals surface area contributed by atoms with Crippen molar-refractivity contribution in [1.82, 2.24) is 5.43 Å². The van der Waals surface area contributed by atoms with Gasteiger partial charge in [-0.25, -0.2) is 10.2 Å². The van der Waals surface area contributed by atoms with Gasteiger partial charge in [-0.05, 0) is 42.0 Å². The van der Waals surface area contributed by atoms with Crippen molar-refractivity contribution in [2.75, 3.05) is 6.61 Å². The van der Waals surface area contributed by atoms with Crippen molar-refractivity contribution >= 4 is 40.1 Å². The van der Waals surface area contributed by atoms with Gasteiger partial charge < -0.3 is 9.47 Å². The maximum Gasteiger partial charge on any atom is 0.336 e. The summed E-state index contributed by atoms with van der Waals surface area (Å²) in [6.07, 6.45) is 4.41. The van der Waals surface area contributed by atoms with Crippen molar-refractivity contribution in [3.63, 3.8) is 0 Å². The van der Waals surface area contributed by atoms with E-state index < -0.39 is 11.9 Å². The zero-order valence-corrected chi connectivity index (χ0v) is 18.0. The summed E-state index contributed by atoms with van der Waals surface area (Å²) in [5.41, 5.74) is 3.78. The number of carbonyl (C=O) groups excluding carboxylic acids is 2. The van der Waals surface area contributed by atoms with Gasteiger partial charge in [-0.15, -0.1) is 0 Å². The van der Waals surface area contributed by atoms with Crippen LogP contribution in [0.15, 0.2) is 94.5 Å². The lowest BCUT2D eigenvalue weighted by Crippen LogP contribution is -2.24. The first-order chi connectivity index (χ1) is 15.1. The number of halogens is 1. The van der Waals surface area contributed by atoms with Crippen LogP contribution in [-0.2, 0) is 9.59 Å². The Hall–Kier alpha value is -3.71. The largest absolute Gasteiger partial charge is 0.484 e. The zero-order valence-electron chi connectivity index (χ0n) is 16.4. The summed E-state index contributed by atoms with van der Waals surface area (Å²) in [6.45, 7) is -0.175. The molecule has 0 aromatic heterocycles. The number of hydrogen-bond acceptors (Lipinski definition) is 5. The van der Waals surface area contributed by atoms with Gasteiger partial charge in [-0.2, -0.15) is 5.10 Å². The van der Waals surface area contributed by atoms with Gasteiger partial charge >= 0.3 is 5.97 Å². The molecule has 0 radical (unpaired) electrons. The molecule has 0 fully saturated rings. The fraction of sp³-hybridized carbons (Fsp3) is 0.0417. The molecule has 6 nitrogen and oxygen atoms in total. The number of nitrogens with zero attached hydrogens (tertiary/aromatic N) is 1. The molecule has 156 valence electrons. The predicted molar refractivity (Wildman–Crippen MR) is 123 cm³/mol. The third kappa shape index (κ3) is 7.56. The molecule has 0 saturated carbocycles. The van der Waals surface area contributed by atoms with E-state index in [0.717, 1.165) is 10.0 Å². The molecule has 1 amide bonds. The Morgan fingerprint density at radius 2 is 1.68 bits per heavy atom. The van der Waals surface area contributed by atoms with E-state index in [2.05, 4.69) is 26.5 Å². The van der Waals surface area contributed by atoms with Crippen LogP contribution in [0, 0.1) is 0 Å². The summed E-state index contributed by atoms with van der Waals surface area (Å²) >= 11 is 3.37. The third-order valence-corrected chi connectivity index (χ3v) is 4.39. The smallest absolute Gasteiger partial charge is 0.336 e. The number of carbonyl (C=O) groups is 2. The van der Waals surface area contributed by atoms with Crippen molar-refractivity contribution in [2.24, 2.45) is 5.10 Å². The zero-order chi connectivity index (χ0) is 21.9. The lowest BCUT2D eigenvalue weighted by Gasteiger charge is -2.07. The van der Waals surface area contributed by atoms with Gasteiger partial charge in [0.05, 0.1) is 6.21 Å². The fourth-order valence-electron chi connectivity index (χ4n) is 2.46. The van der Waals surface area contributed by atoms with E-state index in [1.807, 2.05) is 48.5 Å². The van der Waals surface area contributed by atoms with Gasteiger partial charge in [0.15, 0.2) is 6.61 Å². The molecule has 0 spiro atoms. The van der Waals surface area contributed by atoms with Crippen molar-refractivity contribution in [2.45, 2.75) is 0 Å². The number of nitrogens with one attached hydrogen (secondary N) is 1. The summed E-state index contributed by atoms with van der Waals surface area (Å²) in [5.74, 6) is -0.0450. The second kappa shape index (κ2) is 11.5. The van der Waals surface area contributed by atoms with Gasteiger partial charge in [0.2, 0.25) is 0 Å². The summed E-state index contributed by atoms with van der Waals surface area (Å²) in [6, 6.07) is 23.5. The Kier molecular flexibility index (Phi) is 8.13. The van der Waals surface area contributed by atoms with Crippen LogP contribution in [0.5, 0.6) is 11.5 Å². The number of benzene rings is 3. The first-order valence-electron chi connectivity index (χ1n) is 9.34. The average Bonchev–Trinajstić information content (AvgIpc) is 2.79. The minimum Gasteiger partial charge on any atom is -0.484 e. The molecule has 7 heteroatoms. The van der Waals surface area contributed by atoms with Crippen LogP contribution in [0.3, 0.4) is 0 Å². The predicted octanol–water partition coefficient (Wildman–Crippen LogP) is 4.60. The van der Waals surface area contributed by atoms with E-state index in [1.54, 1.807) is 36.4 Å². The summed E-state index contributed by atoms with van der Waals surface area (Å²) in [7, 11) is 0. The lowest BCUT2D eigenvalue weighted by atomic mass is 10.2. The second-order valence-electron chi connectivity index (χ2n) is 6.24. The number of esters is 1. The number of hydrazone groups is 1. The highest BCUT2D eigenvalue weighted by molar-refractivity contribution is 9.10. The molecule has 0 atom stereocenters. The molecule has 1 N–H and O–H groups in total. The SMILES string of the molecule is O=C(COc1ccccc1)N/N=C\c1cc(Br)ccc1OC(=O)/C=C/c1ccccc1. The van der Waals surface area contributed by atoms with Crippen molar-refractivity contribution in [3.05, 3.63) is 101 Å². The monoisotopic (exact) mass is 478 g/mol. The minimum atomic E-state index is -0.527. The van der Waals surface area contributed by atoms with E-state index >= 15 is 0 Å². The van der Waals surface area contributed by atoms with E-state index in [9.17, 15) is 9.59 Å². The van der Waals surface area contributed by atoms with Crippen LogP contribution in [0.25, 0.3) is 6.08 Å². The maximum atomic E-state index is 12.2. The summed E-state index contributed by atoms with van der Waals surface area (Å²) in [4.78, 5) is 24.1. The van der Waals surface area contributed by atoms with Crippen LogP contribution in [-0.4, -0.2) is 24.7 Å². The van der Waals surface area contributed by atoms with Crippen LogP contribution in [0.2, 0.25) is 0 Å². The molecule has 3 aromatic rings. The molecule has 3 rings (SSSR count). The molecule has 31 heavy (non-hydrogen) atoms. The maximum absolute atomic E-state index is 12.2. The van der Waals surface area contributed by atoms with Crippen molar-refractivity contribution in [3.8, 4) is 11.5 Å². The Labute approximate surface area is 188 Å². The highest BCUT2D eigenvalue weighted by Gasteiger charge is 2.07. The summed E-state index contributed by atoms with van der Waals surface area (Å²) < 4.78 is 11.5. The number of rotatable bonds is 8. The summed E-state index contributed by atoms with van der Waals surface area (Å²) in [5, 5.41) is 3.92. The number of amides is 1. The van der Waals surface area contributed by atoms with Crippen molar-refractivity contribution in [1.29, 1.82) is 0 Å². The first-order valence-corrected chi connectivity index (χ1v) is 10.1. The quantitative estimate of drug-likeness (QED) is 0.169. The lowest BCUT2D eigenvalue weighted by molar-refractivity contribution is -0.129. The minimum absolute atomic E-state index is 0.175. The van der Waals surface area contributed by atoms with Crippen LogP contribution in [0.1, 0.15) is 11.1 Å². The number of ether oxygens (including phenoxy) is 2. The second-order valence-corrected chi connectivity index (χ2v) is 7.16. The van der Waals surface area contributed by atoms with E-state index in [1.165, 1.54) is 12.3 Å². The van der Waals surface area contributed by atoms with Crippen molar-refractivity contribution < 1.29 is 19.1 Å². The molecule has 0 unspecified atom stereocenters. The highest BCUT2D eigenvalue weighted by Crippen LogP contribution is 2.22. The number of hydrogen-bond donors (Lipinski definition) is 1. The van der Waals surface area contributed by atoms with E-state index in [4.69, 9.17) is 9.47 Å². The average molecular weight is 479 g/mol. The van der Waals surface area contributed by atoms with E-state index in [-0.39, 0.29) is 6.61 Å². The molecular formula is C24H19BrN2O4. The Morgan fingerprint density at radius 3 is 2.42 bits per heavy atom. The van der Waals surface area contributed by atoms with E-state index in [0.29, 0.717) is 17.1 Å². The molecule has 0 bridgehead atoms. The number of para-hydroxylation sites is 1. The highest BCUT2D eigenvalue weighted by atomic mass is 79.9. The van der Waals surface area contributed by atoms with Gasteiger partial charge in [-0.3, -0.25) is 4.79 Å². The molecule has 0 aliphatic heterocycles. The topological polar surface area (TPSA) is 77.0 Å². The van der Waals surface area contributed by atoms with Crippen LogP contribution >= 0.6 is 15.9 Å². The Balaban J connectivity index is 1.58. The third-order valence-electron chi connectivity index (χ3n) is 3.90. The Morgan fingerprint density at radius 1 is 0.968 bits per heavy atom. The van der Waals surface area contributed by atoms with Gasteiger partial charge in [0.25, 0.3) is 5.91 Å². The molecule has 0 aliphatic carbocycles. The van der Waals surface area contributed by atoms with Crippen LogP contribution in [0.4, 0.5) is 0 Å². The standard InChI is InChI=1S/C24H19BrN2O4/c25-20-12-13-22(31-24(29)14-11-18-7-3-1-4-8-18)19(15-20)16-26-27-23(28)17-30-21-9-5-2-6-10-21/h1-16H,17H2,(H,27,28)/b14-11+,26-16-. The van der Waals surface area contributed by atoms with Gasteiger partial charge in [-0.1, -0.05) is 64.5 Å². The normalized spacial score (nSPS) is 10.9. The Bertz CT molecular complexity index is 1080. The van der Waals surface area contributed by atoms with Gasteiger partial charge in [0.1, 0.15) is 11.5 Å².